The summed E-state index contributed by atoms with van der Waals surface area (Å²) in [6, 6.07) is 4.89. The van der Waals surface area contributed by atoms with Crippen LogP contribution in [-0.4, -0.2) is 35.4 Å². The first-order valence-corrected chi connectivity index (χ1v) is 6.81. The fourth-order valence-corrected chi connectivity index (χ4v) is 1.87. The molecular weight excluding hydrogens is 276 g/mol. The lowest BCUT2D eigenvalue weighted by Gasteiger charge is -2.14. The summed E-state index contributed by atoms with van der Waals surface area (Å²) in [7, 11) is 0. The Balaban J connectivity index is 2.90. The van der Waals surface area contributed by atoms with Crippen LogP contribution in [0, 0.1) is 0 Å². The van der Waals surface area contributed by atoms with Crippen LogP contribution in [0.1, 0.15) is 37.5 Å². The molecule has 0 aromatic heterocycles. The Morgan fingerprint density at radius 3 is 2.52 bits per heavy atom. The molecular formula is C15H20O6. The molecule has 1 rings (SSSR count). The highest BCUT2D eigenvalue weighted by molar-refractivity contribution is 5.75. The second kappa shape index (κ2) is 8.26. The predicted octanol–water partition coefficient (Wildman–Crippen LogP) is 1.70. The van der Waals surface area contributed by atoms with Crippen molar-refractivity contribution in [2.75, 3.05) is 13.2 Å². The molecule has 21 heavy (non-hydrogen) atoms. The molecule has 0 heterocycles. The van der Waals surface area contributed by atoms with Crippen LogP contribution >= 0.6 is 0 Å². The average Bonchev–Trinajstić information content (AvgIpc) is 2.46. The molecule has 0 fully saturated rings. The number of hydrogen-bond acceptors (Lipinski definition) is 5. The summed E-state index contributed by atoms with van der Waals surface area (Å²) in [5.74, 6) is -1.34. The average molecular weight is 296 g/mol. The van der Waals surface area contributed by atoms with Crippen molar-refractivity contribution < 1.29 is 29.3 Å². The molecule has 0 amide bonds. The van der Waals surface area contributed by atoms with Crippen LogP contribution in [0.3, 0.4) is 0 Å². The number of aryl methyl sites for hydroxylation is 1. The minimum atomic E-state index is -1.66. The summed E-state index contributed by atoms with van der Waals surface area (Å²) in [5, 5.41) is 18.6. The van der Waals surface area contributed by atoms with E-state index < -0.39 is 12.1 Å². The number of carbonyl (C=O) groups excluding carboxylic acids is 1. The van der Waals surface area contributed by atoms with Crippen LogP contribution in [0.4, 0.5) is 0 Å². The van der Waals surface area contributed by atoms with Crippen LogP contribution in [0.15, 0.2) is 18.2 Å². The maximum atomic E-state index is 11.3. The SMILES string of the molecule is CCOC(=O)CCc1ccc(OCC)c(C(O)C(=O)O)c1. The fourth-order valence-electron chi connectivity index (χ4n) is 1.87. The lowest BCUT2D eigenvalue weighted by Crippen LogP contribution is -2.13. The molecule has 6 heteroatoms. The van der Waals surface area contributed by atoms with Crippen molar-refractivity contribution in [1.29, 1.82) is 0 Å². The number of benzene rings is 1. The van der Waals surface area contributed by atoms with E-state index in [1.165, 1.54) is 0 Å². The van der Waals surface area contributed by atoms with E-state index in [1.807, 2.05) is 0 Å². The minimum Gasteiger partial charge on any atom is -0.493 e. The van der Waals surface area contributed by atoms with Crippen LogP contribution in [0.25, 0.3) is 0 Å². The molecule has 1 aromatic rings. The van der Waals surface area contributed by atoms with Gasteiger partial charge in [0, 0.05) is 12.0 Å². The van der Waals surface area contributed by atoms with E-state index in [9.17, 15) is 14.7 Å². The number of carboxylic acid groups (broad SMARTS) is 1. The number of esters is 1. The van der Waals surface area contributed by atoms with Crippen molar-refractivity contribution in [3.63, 3.8) is 0 Å². The maximum Gasteiger partial charge on any atom is 0.337 e. The molecule has 1 aromatic carbocycles. The number of hydrogen-bond donors (Lipinski definition) is 2. The molecule has 0 saturated carbocycles. The van der Waals surface area contributed by atoms with Gasteiger partial charge in [0.25, 0.3) is 0 Å². The molecule has 1 unspecified atom stereocenters. The lowest BCUT2D eigenvalue weighted by molar-refractivity contribution is -0.147. The zero-order valence-corrected chi connectivity index (χ0v) is 12.2. The standard InChI is InChI=1S/C15H20O6/c1-3-20-12-7-5-10(6-8-13(16)21-4-2)9-11(12)14(17)15(18)19/h5,7,9,14,17H,3-4,6,8H2,1-2H3,(H,18,19). The largest absolute Gasteiger partial charge is 0.493 e. The summed E-state index contributed by atoms with van der Waals surface area (Å²) in [6.07, 6.45) is -1.05. The zero-order valence-electron chi connectivity index (χ0n) is 12.2. The van der Waals surface area contributed by atoms with Crippen LogP contribution in [0.5, 0.6) is 5.75 Å². The first-order chi connectivity index (χ1) is 9.99. The fraction of sp³-hybridized carbons (Fsp3) is 0.467. The second-order valence-electron chi connectivity index (χ2n) is 4.35. The van der Waals surface area contributed by atoms with Crippen LogP contribution in [0.2, 0.25) is 0 Å². The van der Waals surface area contributed by atoms with Crippen molar-refractivity contribution in [1.82, 2.24) is 0 Å². The van der Waals surface area contributed by atoms with Gasteiger partial charge in [-0.15, -0.1) is 0 Å². The number of aliphatic hydroxyl groups is 1. The van der Waals surface area contributed by atoms with E-state index in [0.29, 0.717) is 25.4 Å². The molecule has 0 radical (unpaired) electrons. The van der Waals surface area contributed by atoms with Gasteiger partial charge in [-0.25, -0.2) is 4.79 Å². The molecule has 0 bridgehead atoms. The molecule has 1 atom stereocenters. The second-order valence-corrected chi connectivity index (χ2v) is 4.35. The smallest absolute Gasteiger partial charge is 0.337 e. The molecule has 116 valence electrons. The van der Waals surface area contributed by atoms with Crippen molar-refractivity contribution >= 4 is 11.9 Å². The third-order valence-corrected chi connectivity index (χ3v) is 2.83. The molecule has 6 nitrogen and oxygen atoms in total. The molecule has 2 N–H and O–H groups in total. The van der Waals surface area contributed by atoms with Crippen molar-refractivity contribution in [2.24, 2.45) is 0 Å². The normalized spacial score (nSPS) is 11.8. The zero-order chi connectivity index (χ0) is 15.8. The highest BCUT2D eigenvalue weighted by Crippen LogP contribution is 2.27. The monoisotopic (exact) mass is 296 g/mol. The first kappa shape index (κ1) is 17.0. The van der Waals surface area contributed by atoms with E-state index in [4.69, 9.17) is 14.6 Å². The van der Waals surface area contributed by atoms with E-state index >= 15 is 0 Å². The Hall–Kier alpha value is -2.08. The van der Waals surface area contributed by atoms with Crippen molar-refractivity contribution in [3.05, 3.63) is 29.3 Å². The topological polar surface area (TPSA) is 93.1 Å². The summed E-state index contributed by atoms with van der Waals surface area (Å²) in [6.45, 7) is 4.19. The Labute approximate surface area is 123 Å². The van der Waals surface area contributed by atoms with Gasteiger partial charge in [-0.3, -0.25) is 4.79 Å². The first-order valence-electron chi connectivity index (χ1n) is 6.81. The van der Waals surface area contributed by atoms with Gasteiger partial charge in [0.1, 0.15) is 5.75 Å². The predicted molar refractivity (Wildman–Crippen MR) is 75.2 cm³/mol. The van der Waals surface area contributed by atoms with Gasteiger partial charge in [-0.05, 0) is 38.0 Å². The van der Waals surface area contributed by atoms with Gasteiger partial charge >= 0.3 is 11.9 Å². The summed E-state index contributed by atoms with van der Waals surface area (Å²) in [5.41, 5.74) is 0.924. The maximum absolute atomic E-state index is 11.3. The van der Waals surface area contributed by atoms with E-state index in [0.717, 1.165) is 5.56 Å². The minimum absolute atomic E-state index is 0.186. The van der Waals surface area contributed by atoms with Gasteiger partial charge in [-0.2, -0.15) is 0 Å². The summed E-state index contributed by atoms with van der Waals surface area (Å²) in [4.78, 5) is 22.3. The number of carboxylic acids is 1. The third-order valence-electron chi connectivity index (χ3n) is 2.83. The van der Waals surface area contributed by atoms with Crippen molar-refractivity contribution in [3.8, 4) is 5.75 Å². The number of aliphatic hydroxyl groups excluding tert-OH is 1. The molecule has 0 aliphatic carbocycles. The Morgan fingerprint density at radius 2 is 1.95 bits per heavy atom. The highest BCUT2D eigenvalue weighted by atomic mass is 16.5. The quantitative estimate of drug-likeness (QED) is 0.709. The lowest BCUT2D eigenvalue weighted by atomic mass is 10.0. The number of carbonyl (C=O) groups is 2. The van der Waals surface area contributed by atoms with Gasteiger partial charge in [0.05, 0.1) is 13.2 Å². The van der Waals surface area contributed by atoms with Crippen molar-refractivity contribution in [2.45, 2.75) is 32.8 Å². The Morgan fingerprint density at radius 1 is 1.24 bits per heavy atom. The molecule has 0 saturated heterocycles. The van der Waals surface area contributed by atoms with E-state index in [1.54, 1.807) is 32.0 Å². The summed E-state index contributed by atoms with van der Waals surface area (Å²) < 4.78 is 10.1. The Kier molecular flexibility index (Phi) is 6.68. The van der Waals surface area contributed by atoms with Gasteiger partial charge in [0.15, 0.2) is 6.10 Å². The number of ether oxygens (including phenoxy) is 2. The van der Waals surface area contributed by atoms with Gasteiger partial charge in [0.2, 0.25) is 0 Å². The van der Waals surface area contributed by atoms with E-state index in [-0.39, 0.29) is 18.0 Å². The number of aliphatic carboxylic acids is 1. The van der Waals surface area contributed by atoms with Gasteiger partial charge < -0.3 is 19.7 Å². The molecule has 0 spiro atoms. The van der Waals surface area contributed by atoms with Crippen LogP contribution in [-0.2, 0) is 20.7 Å². The molecule has 0 aliphatic rings. The Bertz CT molecular complexity index is 497. The highest BCUT2D eigenvalue weighted by Gasteiger charge is 2.21. The van der Waals surface area contributed by atoms with Crippen LogP contribution < -0.4 is 4.74 Å². The van der Waals surface area contributed by atoms with E-state index in [2.05, 4.69) is 0 Å². The number of rotatable bonds is 8. The molecule has 0 aliphatic heterocycles. The third kappa shape index (κ3) is 5.07. The van der Waals surface area contributed by atoms with Gasteiger partial charge in [-0.1, -0.05) is 6.07 Å². The summed E-state index contributed by atoms with van der Waals surface area (Å²) >= 11 is 0.